The van der Waals surface area contributed by atoms with Crippen LogP contribution in [0, 0.1) is 6.92 Å². The molecule has 3 nitrogen and oxygen atoms in total. The van der Waals surface area contributed by atoms with Crippen LogP contribution in [0.15, 0.2) is 23.4 Å². The van der Waals surface area contributed by atoms with Crippen LogP contribution in [0.3, 0.4) is 0 Å². The molecule has 1 rings (SSSR count). The number of alkyl halides is 3. The van der Waals surface area contributed by atoms with Gasteiger partial charge in [-0.15, -0.1) is 0 Å². The van der Waals surface area contributed by atoms with Crippen molar-refractivity contribution in [3.05, 3.63) is 24.0 Å². The standard InChI is InChI=1S/C7H6F3NO2S/c1-5-2-6(4-11-3-5)14(12,13)7(8,9)10/h2-4H,1H3. The molecule has 1 aromatic heterocycles. The summed E-state index contributed by atoms with van der Waals surface area (Å²) in [4.78, 5) is 2.56. The lowest BCUT2D eigenvalue weighted by molar-refractivity contribution is -0.0436. The van der Waals surface area contributed by atoms with Crippen LogP contribution in [0.4, 0.5) is 13.2 Å². The van der Waals surface area contributed by atoms with E-state index in [9.17, 15) is 21.6 Å². The normalized spacial score (nSPS) is 12.9. The van der Waals surface area contributed by atoms with Crippen molar-refractivity contribution < 1.29 is 21.6 Å². The van der Waals surface area contributed by atoms with Gasteiger partial charge in [-0.3, -0.25) is 4.98 Å². The molecule has 0 spiro atoms. The molecule has 1 aromatic rings. The van der Waals surface area contributed by atoms with Crippen LogP contribution in [0.2, 0.25) is 0 Å². The third-order valence-corrected chi connectivity index (χ3v) is 2.92. The molecule has 0 N–H and O–H groups in total. The summed E-state index contributed by atoms with van der Waals surface area (Å²) >= 11 is 0. The third kappa shape index (κ3) is 1.87. The summed E-state index contributed by atoms with van der Waals surface area (Å²) in [5, 5.41) is 0. The number of aryl methyl sites for hydroxylation is 1. The van der Waals surface area contributed by atoms with E-state index in [0.717, 1.165) is 6.07 Å². The molecule has 7 heteroatoms. The maximum Gasteiger partial charge on any atom is 0.501 e. The van der Waals surface area contributed by atoms with Gasteiger partial charge in [0.15, 0.2) is 0 Å². The number of hydrogen-bond donors (Lipinski definition) is 0. The fourth-order valence-corrected chi connectivity index (χ4v) is 1.62. The van der Waals surface area contributed by atoms with Crippen LogP contribution < -0.4 is 0 Å². The predicted molar refractivity (Wildman–Crippen MR) is 42.2 cm³/mol. The molecule has 0 aliphatic carbocycles. The Labute approximate surface area is 78.5 Å². The minimum Gasteiger partial charge on any atom is -0.263 e. The molecule has 0 radical (unpaired) electrons. The maximum absolute atomic E-state index is 12.0. The zero-order valence-electron chi connectivity index (χ0n) is 7.04. The summed E-state index contributed by atoms with van der Waals surface area (Å²) in [6.45, 7) is 1.46. The lowest BCUT2D eigenvalue weighted by Crippen LogP contribution is -2.23. The SMILES string of the molecule is Cc1cncc(S(=O)(=O)C(F)(F)F)c1. The van der Waals surface area contributed by atoms with Gasteiger partial charge in [0.05, 0.1) is 4.90 Å². The largest absolute Gasteiger partial charge is 0.501 e. The van der Waals surface area contributed by atoms with Crippen LogP contribution >= 0.6 is 0 Å². The first kappa shape index (κ1) is 11.0. The maximum atomic E-state index is 12.0. The van der Waals surface area contributed by atoms with Gasteiger partial charge in [0.1, 0.15) is 0 Å². The van der Waals surface area contributed by atoms with E-state index in [1.54, 1.807) is 0 Å². The van der Waals surface area contributed by atoms with Crippen molar-refractivity contribution >= 4 is 9.84 Å². The highest BCUT2D eigenvalue weighted by Crippen LogP contribution is 2.29. The lowest BCUT2D eigenvalue weighted by atomic mass is 10.3. The Morgan fingerprint density at radius 2 is 1.86 bits per heavy atom. The minimum atomic E-state index is -5.28. The highest BCUT2D eigenvalue weighted by Gasteiger charge is 2.47. The summed E-state index contributed by atoms with van der Waals surface area (Å²) < 4.78 is 57.8. The molecule has 0 saturated carbocycles. The number of sulfone groups is 1. The molecule has 0 aliphatic heterocycles. The summed E-state index contributed by atoms with van der Waals surface area (Å²) in [6.07, 6.45) is 1.95. The van der Waals surface area contributed by atoms with Crippen molar-refractivity contribution in [2.45, 2.75) is 17.3 Å². The second-order valence-corrected chi connectivity index (χ2v) is 4.59. The van der Waals surface area contributed by atoms with Crippen molar-refractivity contribution in [3.63, 3.8) is 0 Å². The molecule has 0 unspecified atom stereocenters. The van der Waals surface area contributed by atoms with Crippen molar-refractivity contribution in [1.29, 1.82) is 0 Å². The zero-order valence-corrected chi connectivity index (χ0v) is 7.85. The van der Waals surface area contributed by atoms with E-state index >= 15 is 0 Å². The van der Waals surface area contributed by atoms with Crippen LogP contribution in [-0.4, -0.2) is 18.9 Å². The van der Waals surface area contributed by atoms with E-state index in [2.05, 4.69) is 4.98 Å². The summed E-state index contributed by atoms with van der Waals surface area (Å²) in [7, 11) is -5.26. The van der Waals surface area contributed by atoms with Crippen molar-refractivity contribution in [2.75, 3.05) is 0 Å². The summed E-state index contributed by atoms with van der Waals surface area (Å²) in [5.41, 5.74) is -4.92. The molecule has 0 aromatic carbocycles. The van der Waals surface area contributed by atoms with Gasteiger partial charge in [0, 0.05) is 12.4 Å². The fourth-order valence-electron chi connectivity index (χ4n) is 0.808. The topological polar surface area (TPSA) is 47.0 Å². The first-order valence-corrected chi connectivity index (χ1v) is 4.96. The molecule has 1 heterocycles. The van der Waals surface area contributed by atoms with Gasteiger partial charge in [-0.25, -0.2) is 8.42 Å². The van der Waals surface area contributed by atoms with E-state index < -0.39 is 20.2 Å². The first-order chi connectivity index (χ1) is 6.25. The van der Waals surface area contributed by atoms with Crippen LogP contribution in [0.5, 0.6) is 0 Å². The van der Waals surface area contributed by atoms with Gasteiger partial charge < -0.3 is 0 Å². The van der Waals surface area contributed by atoms with Crippen LogP contribution in [-0.2, 0) is 9.84 Å². The number of rotatable bonds is 1. The Bertz CT molecular complexity index is 438. The lowest BCUT2D eigenvalue weighted by Gasteiger charge is -2.07. The number of aromatic nitrogens is 1. The zero-order chi connectivity index (χ0) is 11.0. The van der Waals surface area contributed by atoms with Crippen LogP contribution in [0.1, 0.15) is 5.56 Å². The monoisotopic (exact) mass is 225 g/mol. The smallest absolute Gasteiger partial charge is 0.263 e. The molecule has 78 valence electrons. The molecule has 14 heavy (non-hydrogen) atoms. The molecule has 0 amide bonds. The second kappa shape index (κ2) is 3.23. The quantitative estimate of drug-likeness (QED) is 0.730. The summed E-state index contributed by atoms with van der Waals surface area (Å²) in [6, 6.07) is 0.926. The molecule has 0 aliphatic rings. The summed E-state index contributed by atoms with van der Waals surface area (Å²) in [5.74, 6) is 0. The van der Waals surface area contributed by atoms with E-state index in [4.69, 9.17) is 0 Å². The molecular formula is C7H6F3NO2S. The van der Waals surface area contributed by atoms with Gasteiger partial charge in [0.2, 0.25) is 0 Å². The van der Waals surface area contributed by atoms with Gasteiger partial charge in [-0.05, 0) is 18.6 Å². The molecular weight excluding hydrogens is 219 g/mol. The van der Waals surface area contributed by atoms with Crippen molar-refractivity contribution in [1.82, 2.24) is 4.98 Å². The highest BCUT2D eigenvalue weighted by molar-refractivity contribution is 7.92. The number of hydrogen-bond acceptors (Lipinski definition) is 3. The number of pyridine rings is 1. The molecule has 0 bridgehead atoms. The van der Waals surface area contributed by atoms with Crippen molar-refractivity contribution in [3.8, 4) is 0 Å². The van der Waals surface area contributed by atoms with Crippen LogP contribution in [0.25, 0.3) is 0 Å². The van der Waals surface area contributed by atoms with Gasteiger partial charge in [-0.1, -0.05) is 0 Å². The second-order valence-electron chi connectivity index (χ2n) is 2.65. The Kier molecular flexibility index (Phi) is 2.53. The number of nitrogens with zero attached hydrogens (tertiary/aromatic N) is 1. The molecule has 0 saturated heterocycles. The Hall–Kier alpha value is -1.11. The Morgan fingerprint density at radius 1 is 1.29 bits per heavy atom. The minimum absolute atomic E-state index is 0.357. The average Bonchev–Trinajstić information content (AvgIpc) is 2.02. The van der Waals surface area contributed by atoms with E-state index in [0.29, 0.717) is 11.8 Å². The van der Waals surface area contributed by atoms with Gasteiger partial charge in [-0.2, -0.15) is 13.2 Å². The Balaban J connectivity index is 3.32. The Morgan fingerprint density at radius 3 is 2.29 bits per heavy atom. The van der Waals surface area contributed by atoms with E-state index in [1.165, 1.54) is 13.1 Å². The van der Waals surface area contributed by atoms with Crippen molar-refractivity contribution in [2.24, 2.45) is 0 Å². The molecule has 0 fully saturated rings. The first-order valence-electron chi connectivity index (χ1n) is 3.48. The third-order valence-electron chi connectivity index (χ3n) is 1.46. The van der Waals surface area contributed by atoms with E-state index in [1.807, 2.05) is 0 Å². The van der Waals surface area contributed by atoms with Gasteiger partial charge in [0.25, 0.3) is 9.84 Å². The predicted octanol–water partition coefficient (Wildman–Crippen LogP) is 1.68. The van der Waals surface area contributed by atoms with Gasteiger partial charge >= 0.3 is 5.51 Å². The highest BCUT2D eigenvalue weighted by atomic mass is 32.2. The van der Waals surface area contributed by atoms with E-state index in [-0.39, 0.29) is 0 Å². The number of halogens is 3. The fraction of sp³-hybridized carbons (Fsp3) is 0.286. The average molecular weight is 225 g/mol. The molecule has 0 atom stereocenters.